The van der Waals surface area contributed by atoms with Crippen LogP contribution >= 0.6 is 23.2 Å². The van der Waals surface area contributed by atoms with Gasteiger partial charge in [-0.05, 0) is 61.9 Å². The highest BCUT2D eigenvalue weighted by atomic mass is 35.5. The maximum atomic E-state index is 14.1. The van der Waals surface area contributed by atoms with E-state index in [1.54, 1.807) is 33.8 Å². The summed E-state index contributed by atoms with van der Waals surface area (Å²) < 4.78 is 15.7. The number of fused-ring (bicyclic) bond motifs is 1. The van der Waals surface area contributed by atoms with E-state index >= 15 is 0 Å². The van der Waals surface area contributed by atoms with Crippen molar-refractivity contribution in [2.75, 3.05) is 11.4 Å². The molecule has 0 saturated carbocycles. The van der Waals surface area contributed by atoms with Crippen molar-refractivity contribution in [2.24, 2.45) is 5.92 Å². The average Bonchev–Trinajstić information content (AvgIpc) is 3.24. The zero-order chi connectivity index (χ0) is 26.3. The number of ketones is 1. The van der Waals surface area contributed by atoms with E-state index in [1.165, 1.54) is 18.2 Å². The van der Waals surface area contributed by atoms with E-state index in [2.05, 4.69) is 0 Å². The molecule has 1 amide bonds. The number of anilines is 1. The van der Waals surface area contributed by atoms with E-state index < -0.39 is 11.8 Å². The number of carbonyl (C=O) groups is 2. The van der Waals surface area contributed by atoms with Crippen LogP contribution in [0.5, 0.6) is 0 Å². The lowest BCUT2D eigenvalue weighted by molar-refractivity contribution is -0.123. The topological polar surface area (TPSA) is 55.2 Å². The van der Waals surface area contributed by atoms with Crippen LogP contribution in [0, 0.1) is 18.7 Å². The number of nitrogens with zero attached hydrogens (tertiary/aromatic N) is 3. The van der Waals surface area contributed by atoms with Gasteiger partial charge in [0.15, 0.2) is 5.78 Å². The number of hydrogen-bond acceptors (Lipinski definition) is 3. The minimum Gasteiger partial charge on any atom is -0.296 e. The van der Waals surface area contributed by atoms with Crippen LogP contribution in [0.4, 0.5) is 10.2 Å². The maximum Gasteiger partial charge on any atom is 0.232 e. The Morgan fingerprint density at radius 1 is 1.00 bits per heavy atom. The Morgan fingerprint density at radius 3 is 2.35 bits per heavy atom. The number of amides is 1. The Bertz CT molecular complexity index is 1490. The van der Waals surface area contributed by atoms with Gasteiger partial charge in [0.25, 0.3) is 0 Å². The molecule has 4 aromatic rings. The zero-order valence-electron chi connectivity index (χ0n) is 20.3. The first-order valence-electron chi connectivity index (χ1n) is 12.0. The van der Waals surface area contributed by atoms with Crippen molar-refractivity contribution in [1.82, 2.24) is 9.78 Å². The first-order chi connectivity index (χ1) is 17.8. The summed E-state index contributed by atoms with van der Waals surface area (Å²) in [6, 6.07) is 20.4. The van der Waals surface area contributed by atoms with E-state index in [-0.39, 0.29) is 29.0 Å². The van der Waals surface area contributed by atoms with Gasteiger partial charge in [0.05, 0.1) is 27.3 Å². The van der Waals surface area contributed by atoms with Crippen molar-refractivity contribution in [1.29, 1.82) is 0 Å². The van der Waals surface area contributed by atoms with Crippen LogP contribution in [-0.2, 0) is 4.79 Å². The standard InChI is InChI=1S/C29H24Cl2FN3O2/c1-3-34-28-26(17(2)33-35(28)21-7-5-4-6-8-21)27(18-9-12-20(32)13-10-18)22(29(34)37)16-25(36)19-11-14-23(30)24(31)15-19/h4-15,22,27H,3,16H2,1-2H3/t22-,27+/m0/s1. The van der Waals surface area contributed by atoms with Gasteiger partial charge in [-0.2, -0.15) is 5.10 Å². The van der Waals surface area contributed by atoms with Crippen LogP contribution < -0.4 is 4.90 Å². The van der Waals surface area contributed by atoms with E-state index in [0.717, 1.165) is 22.5 Å². The summed E-state index contributed by atoms with van der Waals surface area (Å²) in [5, 5.41) is 5.44. The third kappa shape index (κ3) is 4.56. The minimum atomic E-state index is -0.716. The number of rotatable bonds is 6. The SMILES string of the molecule is CCN1C(=O)[C@@H](CC(=O)c2ccc(Cl)c(Cl)c2)[C@@H](c2ccc(F)cc2)c2c(C)nn(-c3ccccc3)c21. The normalized spacial score (nSPS) is 17.1. The Kier molecular flexibility index (Phi) is 6.88. The molecule has 5 rings (SSSR count). The van der Waals surface area contributed by atoms with Gasteiger partial charge in [-0.3, -0.25) is 14.5 Å². The number of aryl methyl sites for hydroxylation is 1. The summed E-state index contributed by atoms with van der Waals surface area (Å²) in [7, 11) is 0. The van der Waals surface area contributed by atoms with E-state index in [0.29, 0.717) is 22.9 Å². The molecule has 0 saturated heterocycles. The van der Waals surface area contributed by atoms with E-state index in [4.69, 9.17) is 28.3 Å². The van der Waals surface area contributed by atoms with Gasteiger partial charge in [-0.1, -0.05) is 53.5 Å². The molecule has 1 aliphatic heterocycles. The van der Waals surface area contributed by atoms with Crippen LogP contribution in [0.25, 0.3) is 5.69 Å². The molecule has 0 unspecified atom stereocenters. The molecule has 0 aliphatic carbocycles. The lowest BCUT2D eigenvalue weighted by Gasteiger charge is -2.38. The third-order valence-electron chi connectivity index (χ3n) is 6.83. The van der Waals surface area contributed by atoms with Gasteiger partial charge in [0.2, 0.25) is 5.91 Å². The monoisotopic (exact) mass is 535 g/mol. The fourth-order valence-electron chi connectivity index (χ4n) is 5.12. The summed E-state index contributed by atoms with van der Waals surface area (Å²) in [4.78, 5) is 29.2. The van der Waals surface area contributed by atoms with Crippen molar-refractivity contribution in [3.8, 4) is 5.69 Å². The molecule has 0 spiro atoms. The molecule has 5 nitrogen and oxygen atoms in total. The molecule has 3 aromatic carbocycles. The number of halogens is 3. The van der Waals surface area contributed by atoms with Crippen molar-refractivity contribution in [2.45, 2.75) is 26.2 Å². The molecule has 37 heavy (non-hydrogen) atoms. The molecular weight excluding hydrogens is 512 g/mol. The number of hydrogen-bond donors (Lipinski definition) is 0. The quantitative estimate of drug-likeness (QED) is 0.249. The molecule has 188 valence electrons. The second-order valence-electron chi connectivity index (χ2n) is 9.04. The van der Waals surface area contributed by atoms with E-state index in [9.17, 15) is 14.0 Å². The summed E-state index contributed by atoms with van der Waals surface area (Å²) in [5.74, 6) is -1.32. The Balaban J connectivity index is 1.67. The minimum absolute atomic E-state index is 0.0509. The summed E-state index contributed by atoms with van der Waals surface area (Å²) in [6.45, 7) is 4.20. The molecule has 2 heterocycles. The summed E-state index contributed by atoms with van der Waals surface area (Å²) in [6.07, 6.45) is -0.0509. The van der Waals surface area contributed by atoms with Gasteiger partial charge >= 0.3 is 0 Å². The van der Waals surface area contributed by atoms with Gasteiger partial charge < -0.3 is 0 Å². The highest BCUT2D eigenvalue weighted by molar-refractivity contribution is 6.42. The fraction of sp³-hybridized carbons (Fsp3) is 0.207. The van der Waals surface area contributed by atoms with Gasteiger partial charge in [0, 0.05) is 30.0 Å². The number of carbonyl (C=O) groups excluding carboxylic acids is 2. The molecule has 1 aromatic heterocycles. The van der Waals surface area contributed by atoms with Gasteiger partial charge in [0.1, 0.15) is 11.6 Å². The molecule has 0 radical (unpaired) electrons. The van der Waals surface area contributed by atoms with Gasteiger partial charge in [-0.15, -0.1) is 0 Å². The zero-order valence-corrected chi connectivity index (χ0v) is 21.8. The molecular formula is C29H24Cl2FN3O2. The number of Topliss-reactive ketones (excluding diaryl/α,β-unsaturated/α-hetero) is 1. The summed E-state index contributed by atoms with van der Waals surface area (Å²) >= 11 is 12.2. The molecule has 0 N–H and O–H groups in total. The third-order valence-corrected chi connectivity index (χ3v) is 7.57. The van der Waals surface area contributed by atoms with Crippen molar-refractivity contribution >= 4 is 40.7 Å². The second-order valence-corrected chi connectivity index (χ2v) is 9.86. The number of aromatic nitrogens is 2. The number of benzene rings is 3. The smallest absolute Gasteiger partial charge is 0.232 e. The first-order valence-corrected chi connectivity index (χ1v) is 12.8. The van der Waals surface area contributed by atoms with Crippen molar-refractivity contribution < 1.29 is 14.0 Å². The molecule has 8 heteroatoms. The maximum absolute atomic E-state index is 14.1. The highest BCUT2D eigenvalue weighted by Gasteiger charge is 2.45. The van der Waals surface area contributed by atoms with Crippen molar-refractivity contribution in [3.63, 3.8) is 0 Å². The summed E-state index contributed by atoms with van der Waals surface area (Å²) in [5.41, 5.74) is 3.54. The number of para-hydroxylation sites is 1. The molecule has 0 fully saturated rings. The fourth-order valence-corrected chi connectivity index (χ4v) is 5.41. The van der Waals surface area contributed by atoms with Crippen molar-refractivity contribution in [3.05, 3.63) is 111 Å². The first kappa shape index (κ1) is 25.2. The highest BCUT2D eigenvalue weighted by Crippen LogP contribution is 2.47. The second kappa shape index (κ2) is 10.1. The van der Waals surface area contributed by atoms with Crippen LogP contribution in [0.3, 0.4) is 0 Å². The molecule has 2 atom stereocenters. The Labute approximate surface area is 224 Å². The predicted molar refractivity (Wildman–Crippen MR) is 143 cm³/mol. The van der Waals surface area contributed by atoms with Gasteiger partial charge in [-0.25, -0.2) is 9.07 Å². The lowest BCUT2D eigenvalue weighted by Crippen LogP contribution is -2.45. The van der Waals surface area contributed by atoms with Crippen LogP contribution in [0.2, 0.25) is 10.0 Å². The van der Waals surface area contributed by atoms with Crippen LogP contribution in [-0.4, -0.2) is 28.0 Å². The lowest BCUT2D eigenvalue weighted by atomic mass is 9.74. The van der Waals surface area contributed by atoms with Crippen LogP contribution in [0.15, 0.2) is 72.8 Å². The average molecular weight is 536 g/mol. The predicted octanol–water partition coefficient (Wildman–Crippen LogP) is 7.01. The molecule has 1 aliphatic rings. The Morgan fingerprint density at radius 2 is 1.70 bits per heavy atom. The van der Waals surface area contributed by atoms with Crippen LogP contribution in [0.1, 0.15) is 46.4 Å². The van der Waals surface area contributed by atoms with E-state index in [1.807, 2.05) is 44.2 Å². The molecule has 0 bridgehead atoms. The Hall–Kier alpha value is -3.48. The largest absolute Gasteiger partial charge is 0.296 e.